The van der Waals surface area contributed by atoms with Crippen LogP contribution in [0.15, 0.2) is 41.2 Å². The Kier molecular flexibility index (Phi) is 6.31. The van der Waals surface area contributed by atoms with Crippen LogP contribution in [0.25, 0.3) is 10.9 Å². The molecule has 3 aromatic rings. The van der Waals surface area contributed by atoms with Gasteiger partial charge in [-0.3, -0.25) is 14.1 Å². The highest BCUT2D eigenvalue weighted by Crippen LogP contribution is 2.30. The molecule has 2 N–H and O–H groups in total. The van der Waals surface area contributed by atoms with E-state index in [0.29, 0.717) is 54.5 Å². The number of nitrogens with one attached hydrogen (secondary N) is 2. The van der Waals surface area contributed by atoms with Gasteiger partial charge in [-0.15, -0.1) is 0 Å². The number of morpholine rings is 1. The molecule has 2 heterocycles. The number of hydrogen-bond acceptors (Lipinski definition) is 7. The van der Waals surface area contributed by atoms with E-state index < -0.39 is 10.0 Å². The first-order chi connectivity index (χ1) is 15.6. The second kappa shape index (κ2) is 9.03. The van der Waals surface area contributed by atoms with Crippen LogP contribution in [-0.4, -0.2) is 50.5 Å². The molecule has 4 rings (SSSR count). The van der Waals surface area contributed by atoms with Crippen LogP contribution in [0.2, 0.25) is 0 Å². The monoisotopic (exact) mass is 471 g/mol. The Morgan fingerprint density at radius 1 is 1.12 bits per heavy atom. The number of aryl methyl sites for hydroxylation is 1. The summed E-state index contributed by atoms with van der Waals surface area (Å²) in [6, 6.07) is 10.8. The summed E-state index contributed by atoms with van der Waals surface area (Å²) >= 11 is 0. The quantitative estimate of drug-likeness (QED) is 0.569. The lowest BCUT2D eigenvalue weighted by Gasteiger charge is -2.29. The van der Waals surface area contributed by atoms with Gasteiger partial charge in [0.2, 0.25) is 16.0 Å². The molecule has 10 heteroatoms. The van der Waals surface area contributed by atoms with Gasteiger partial charge < -0.3 is 15.0 Å². The summed E-state index contributed by atoms with van der Waals surface area (Å²) in [6.07, 6.45) is 1.12. The normalized spacial score (nSPS) is 15.5. The zero-order valence-corrected chi connectivity index (χ0v) is 20.1. The van der Waals surface area contributed by atoms with Crippen molar-refractivity contribution in [1.29, 1.82) is 0 Å². The Morgan fingerprint density at radius 2 is 1.79 bits per heavy atom. The Balaban J connectivity index is 1.79. The standard InChI is InChI=1S/C23H29N5O4S/c1-15-13-17(16(2)24-19-7-5-6-8-20(19)26-33(4,30)31)21-18(14-15)22(29)27(3)23(25-21)28-9-11-32-12-10-28/h5-8,13-14,16,24,26H,9-12H2,1-4H3/t16-/m1/s1. The van der Waals surface area contributed by atoms with Crippen molar-refractivity contribution >= 4 is 38.2 Å². The van der Waals surface area contributed by atoms with Crippen molar-refractivity contribution in [3.05, 3.63) is 57.9 Å². The predicted octanol–water partition coefficient (Wildman–Crippen LogP) is 2.62. The number of fused-ring (bicyclic) bond motifs is 1. The molecule has 176 valence electrons. The third kappa shape index (κ3) is 4.96. The molecule has 0 saturated carbocycles. The lowest BCUT2D eigenvalue weighted by Crippen LogP contribution is -2.40. The maximum atomic E-state index is 13.3. The van der Waals surface area contributed by atoms with Crippen molar-refractivity contribution in [1.82, 2.24) is 9.55 Å². The summed E-state index contributed by atoms with van der Waals surface area (Å²) in [6.45, 7) is 6.45. The van der Waals surface area contributed by atoms with Gasteiger partial charge in [0, 0.05) is 25.7 Å². The molecule has 1 fully saturated rings. The van der Waals surface area contributed by atoms with E-state index in [0.717, 1.165) is 17.4 Å². The fourth-order valence-electron chi connectivity index (χ4n) is 4.13. The minimum absolute atomic E-state index is 0.0993. The number of rotatable bonds is 6. The zero-order valence-electron chi connectivity index (χ0n) is 19.3. The number of hydrogen-bond donors (Lipinski definition) is 2. The van der Waals surface area contributed by atoms with Gasteiger partial charge in [0.1, 0.15) is 0 Å². The minimum atomic E-state index is -3.43. The first kappa shape index (κ1) is 23.1. The number of nitrogens with zero attached hydrogens (tertiary/aromatic N) is 3. The molecule has 33 heavy (non-hydrogen) atoms. The molecular formula is C23H29N5O4S. The van der Waals surface area contributed by atoms with Gasteiger partial charge in [0.15, 0.2) is 0 Å². The number of benzene rings is 2. The van der Waals surface area contributed by atoms with E-state index in [-0.39, 0.29) is 11.6 Å². The number of anilines is 3. The molecule has 0 aliphatic carbocycles. The molecular weight excluding hydrogens is 442 g/mol. The van der Waals surface area contributed by atoms with E-state index in [1.54, 1.807) is 23.7 Å². The van der Waals surface area contributed by atoms with Crippen LogP contribution < -0.4 is 20.5 Å². The molecule has 1 aliphatic rings. The van der Waals surface area contributed by atoms with Gasteiger partial charge in [-0.2, -0.15) is 0 Å². The van der Waals surface area contributed by atoms with Gasteiger partial charge in [-0.05, 0) is 37.6 Å². The van der Waals surface area contributed by atoms with E-state index in [2.05, 4.69) is 14.9 Å². The van der Waals surface area contributed by atoms with Crippen molar-refractivity contribution in [3.8, 4) is 0 Å². The highest BCUT2D eigenvalue weighted by molar-refractivity contribution is 7.92. The molecule has 0 spiro atoms. The fraction of sp³-hybridized carbons (Fsp3) is 0.391. The predicted molar refractivity (Wildman–Crippen MR) is 132 cm³/mol. The lowest BCUT2D eigenvalue weighted by atomic mass is 10.0. The average Bonchev–Trinajstić information content (AvgIpc) is 2.77. The molecule has 9 nitrogen and oxygen atoms in total. The molecule has 1 saturated heterocycles. The van der Waals surface area contributed by atoms with Gasteiger partial charge in [-0.25, -0.2) is 13.4 Å². The summed E-state index contributed by atoms with van der Waals surface area (Å²) in [7, 11) is -1.69. The lowest BCUT2D eigenvalue weighted by molar-refractivity contribution is 0.121. The maximum Gasteiger partial charge on any atom is 0.262 e. The van der Waals surface area contributed by atoms with Crippen LogP contribution in [0, 0.1) is 6.92 Å². The van der Waals surface area contributed by atoms with E-state index in [1.165, 1.54) is 0 Å². The van der Waals surface area contributed by atoms with Crippen LogP contribution in [0.1, 0.15) is 24.1 Å². The van der Waals surface area contributed by atoms with Gasteiger partial charge in [0.05, 0.1) is 47.8 Å². The molecule has 0 radical (unpaired) electrons. The topological polar surface area (TPSA) is 106 Å². The van der Waals surface area contributed by atoms with Crippen molar-refractivity contribution in [2.45, 2.75) is 19.9 Å². The molecule has 1 atom stereocenters. The molecule has 1 aromatic heterocycles. The van der Waals surface area contributed by atoms with Crippen molar-refractivity contribution < 1.29 is 13.2 Å². The average molecular weight is 472 g/mol. The third-order valence-corrected chi connectivity index (χ3v) is 6.28. The first-order valence-electron chi connectivity index (χ1n) is 10.8. The smallest absolute Gasteiger partial charge is 0.262 e. The molecule has 0 unspecified atom stereocenters. The van der Waals surface area contributed by atoms with Crippen molar-refractivity contribution in [2.24, 2.45) is 7.05 Å². The van der Waals surface area contributed by atoms with Crippen LogP contribution in [-0.2, 0) is 21.8 Å². The van der Waals surface area contributed by atoms with Gasteiger partial charge >= 0.3 is 0 Å². The number of para-hydroxylation sites is 2. The van der Waals surface area contributed by atoms with E-state index in [1.807, 2.05) is 38.1 Å². The third-order valence-electron chi connectivity index (χ3n) is 5.69. The summed E-state index contributed by atoms with van der Waals surface area (Å²) in [5, 5.41) is 3.95. The van der Waals surface area contributed by atoms with E-state index in [4.69, 9.17) is 9.72 Å². The van der Waals surface area contributed by atoms with Crippen LogP contribution in [0.3, 0.4) is 0 Å². The fourth-order valence-corrected chi connectivity index (χ4v) is 4.70. The number of ether oxygens (including phenoxy) is 1. The Labute approximate surface area is 193 Å². The maximum absolute atomic E-state index is 13.3. The van der Waals surface area contributed by atoms with Gasteiger partial charge in [-0.1, -0.05) is 18.2 Å². The summed E-state index contributed by atoms with van der Waals surface area (Å²) in [5.74, 6) is 0.618. The highest BCUT2D eigenvalue weighted by Gasteiger charge is 2.21. The van der Waals surface area contributed by atoms with Crippen molar-refractivity contribution in [3.63, 3.8) is 0 Å². The van der Waals surface area contributed by atoms with E-state index >= 15 is 0 Å². The second-order valence-electron chi connectivity index (χ2n) is 8.41. The molecule has 1 aliphatic heterocycles. The van der Waals surface area contributed by atoms with Crippen LogP contribution >= 0.6 is 0 Å². The highest BCUT2D eigenvalue weighted by atomic mass is 32.2. The Morgan fingerprint density at radius 3 is 2.45 bits per heavy atom. The molecule has 0 bridgehead atoms. The largest absolute Gasteiger partial charge is 0.378 e. The summed E-state index contributed by atoms with van der Waals surface area (Å²) in [4.78, 5) is 20.2. The molecule has 0 amide bonds. The zero-order chi connectivity index (χ0) is 23.8. The first-order valence-corrected chi connectivity index (χ1v) is 12.7. The second-order valence-corrected chi connectivity index (χ2v) is 10.2. The summed E-state index contributed by atoms with van der Waals surface area (Å²) in [5.41, 5.74) is 3.46. The van der Waals surface area contributed by atoms with Crippen LogP contribution in [0.5, 0.6) is 0 Å². The minimum Gasteiger partial charge on any atom is -0.378 e. The van der Waals surface area contributed by atoms with E-state index in [9.17, 15) is 13.2 Å². The van der Waals surface area contributed by atoms with Gasteiger partial charge in [0.25, 0.3) is 5.56 Å². The Bertz CT molecular complexity index is 1350. The van der Waals surface area contributed by atoms with Crippen molar-refractivity contribution in [2.75, 3.05) is 47.5 Å². The molecule has 2 aromatic carbocycles. The Hall–Kier alpha value is -3.11. The summed E-state index contributed by atoms with van der Waals surface area (Å²) < 4.78 is 33.2. The number of sulfonamides is 1. The van der Waals surface area contributed by atoms with Crippen LogP contribution in [0.4, 0.5) is 17.3 Å². The number of aromatic nitrogens is 2. The SMILES string of the molecule is Cc1cc([C@@H](C)Nc2ccccc2NS(C)(=O)=O)c2nc(N3CCOCC3)n(C)c(=O)c2c1.